The van der Waals surface area contributed by atoms with Crippen LogP contribution in [0.3, 0.4) is 0 Å². The summed E-state index contributed by atoms with van der Waals surface area (Å²) < 4.78 is 45.3. The number of hydrogen-bond acceptors (Lipinski definition) is 6. The van der Waals surface area contributed by atoms with E-state index in [2.05, 4.69) is 20.8 Å². The summed E-state index contributed by atoms with van der Waals surface area (Å²) in [6.07, 6.45) is 0. The molecule has 0 bridgehead atoms. The normalized spacial score (nSPS) is 17.8. The minimum atomic E-state index is -3.55. The second-order valence-corrected chi connectivity index (χ2v) is 9.71. The van der Waals surface area contributed by atoms with Crippen molar-refractivity contribution in [3.05, 3.63) is 46.9 Å². The Morgan fingerprint density at radius 2 is 1.62 bits per heavy atom. The Labute approximate surface area is 179 Å². The molecule has 2 aromatic carbocycles. The van der Waals surface area contributed by atoms with Gasteiger partial charge in [-0.25, -0.2) is 8.42 Å². The van der Waals surface area contributed by atoms with Gasteiger partial charge in [-0.1, -0.05) is 15.9 Å². The number of hydrogen-bond donors (Lipinski definition) is 0. The third kappa shape index (κ3) is 4.85. The largest absolute Gasteiger partial charge is 0.492 e. The number of halogens is 1. The van der Waals surface area contributed by atoms with Crippen molar-refractivity contribution in [3.8, 4) is 17.2 Å². The molecule has 2 aliphatic rings. The highest BCUT2D eigenvalue weighted by molar-refractivity contribution is 9.10. The van der Waals surface area contributed by atoms with Gasteiger partial charge in [0, 0.05) is 43.3 Å². The maximum atomic E-state index is 13.0. The third-order valence-electron chi connectivity index (χ3n) is 4.97. The van der Waals surface area contributed by atoms with Crippen molar-refractivity contribution >= 4 is 26.0 Å². The fourth-order valence-corrected chi connectivity index (χ4v) is 5.05. The molecular weight excluding hydrogens is 460 g/mol. The maximum Gasteiger partial charge on any atom is 0.243 e. The lowest BCUT2D eigenvalue weighted by Gasteiger charge is -2.34. The van der Waals surface area contributed by atoms with Gasteiger partial charge in [-0.05, 0) is 36.4 Å². The average Bonchev–Trinajstić information content (AvgIpc) is 2.75. The molecule has 1 saturated heterocycles. The number of sulfonamides is 1. The summed E-state index contributed by atoms with van der Waals surface area (Å²) in [4.78, 5) is 2.46. The molecule has 0 amide bonds. The first-order valence-corrected chi connectivity index (χ1v) is 11.8. The smallest absolute Gasteiger partial charge is 0.243 e. The van der Waals surface area contributed by atoms with Gasteiger partial charge in [0.15, 0.2) is 11.5 Å². The van der Waals surface area contributed by atoms with Crippen molar-refractivity contribution in [2.45, 2.75) is 4.90 Å². The van der Waals surface area contributed by atoms with E-state index in [1.54, 1.807) is 18.2 Å². The second kappa shape index (κ2) is 8.91. The van der Waals surface area contributed by atoms with Gasteiger partial charge < -0.3 is 14.2 Å². The van der Waals surface area contributed by atoms with Crippen LogP contribution in [-0.2, 0) is 10.0 Å². The molecule has 0 N–H and O–H groups in total. The van der Waals surface area contributed by atoms with Gasteiger partial charge >= 0.3 is 0 Å². The zero-order valence-electron chi connectivity index (χ0n) is 15.9. The van der Waals surface area contributed by atoms with Crippen molar-refractivity contribution in [2.24, 2.45) is 0 Å². The molecule has 0 atom stereocenters. The molecule has 1 fully saturated rings. The van der Waals surface area contributed by atoms with Crippen LogP contribution in [0.2, 0.25) is 0 Å². The van der Waals surface area contributed by atoms with E-state index in [0.717, 1.165) is 16.8 Å². The first kappa shape index (κ1) is 20.5. The number of piperazine rings is 1. The number of benzene rings is 2. The molecule has 0 aliphatic carbocycles. The predicted molar refractivity (Wildman–Crippen MR) is 112 cm³/mol. The Morgan fingerprint density at radius 1 is 0.931 bits per heavy atom. The van der Waals surface area contributed by atoms with Crippen molar-refractivity contribution in [3.63, 3.8) is 0 Å². The van der Waals surface area contributed by atoms with Crippen LogP contribution in [0.5, 0.6) is 17.2 Å². The highest BCUT2D eigenvalue weighted by Crippen LogP contribution is 2.33. The molecule has 156 valence electrons. The Morgan fingerprint density at radius 3 is 2.34 bits per heavy atom. The monoisotopic (exact) mass is 482 g/mol. The van der Waals surface area contributed by atoms with Crippen molar-refractivity contribution < 1.29 is 22.6 Å². The predicted octanol–water partition coefficient (Wildman–Crippen LogP) is 2.61. The summed E-state index contributed by atoms with van der Waals surface area (Å²) in [6.45, 7) is 4.49. The molecule has 0 unspecified atom stereocenters. The Kier molecular flexibility index (Phi) is 6.29. The van der Waals surface area contributed by atoms with Crippen LogP contribution in [0, 0.1) is 0 Å². The molecule has 0 spiro atoms. The maximum absolute atomic E-state index is 13.0. The van der Waals surface area contributed by atoms with E-state index in [9.17, 15) is 8.42 Å². The summed E-state index contributed by atoms with van der Waals surface area (Å²) in [6, 6.07) is 12.5. The molecule has 4 rings (SSSR count). The summed E-state index contributed by atoms with van der Waals surface area (Å²) in [7, 11) is -3.55. The van der Waals surface area contributed by atoms with E-state index in [1.165, 1.54) is 4.31 Å². The van der Waals surface area contributed by atoms with Gasteiger partial charge in [0.1, 0.15) is 25.6 Å². The zero-order chi connectivity index (χ0) is 20.3. The van der Waals surface area contributed by atoms with E-state index >= 15 is 0 Å². The van der Waals surface area contributed by atoms with Crippen LogP contribution >= 0.6 is 15.9 Å². The summed E-state index contributed by atoms with van der Waals surface area (Å²) in [5.74, 6) is 1.90. The molecule has 2 aliphatic heterocycles. The summed E-state index contributed by atoms with van der Waals surface area (Å²) >= 11 is 3.40. The van der Waals surface area contributed by atoms with Gasteiger partial charge in [0.25, 0.3) is 0 Å². The zero-order valence-corrected chi connectivity index (χ0v) is 18.3. The van der Waals surface area contributed by atoms with Crippen LogP contribution in [0.4, 0.5) is 0 Å². The number of ether oxygens (including phenoxy) is 3. The van der Waals surface area contributed by atoms with Crippen molar-refractivity contribution in [1.82, 2.24) is 9.21 Å². The highest BCUT2D eigenvalue weighted by Gasteiger charge is 2.29. The molecule has 0 aromatic heterocycles. The van der Waals surface area contributed by atoms with Crippen molar-refractivity contribution in [2.75, 3.05) is 52.5 Å². The molecule has 9 heteroatoms. The summed E-state index contributed by atoms with van der Waals surface area (Å²) in [5, 5.41) is 0. The number of nitrogens with zero attached hydrogens (tertiary/aromatic N) is 2. The minimum Gasteiger partial charge on any atom is -0.492 e. The lowest BCUT2D eigenvalue weighted by atomic mass is 10.3. The summed E-state index contributed by atoms with van der Waals surface area (Å²) in [5.41, 5.74) is 0. The molecule has 29 heavy (non-hydrogen) atoms. The standard InChI is InChI=1S/C20H23BrN2O5S/c21-16-1-3-17(4-2-16)26-12-11-22-7-9-23(10-8-22)29(24,25)18-5-6-19-20(15-18)28-14-13-27-19/h1-6,15H,7-14H2. The average molecular weight is 483 g/mol. The fourth-order valence-electron chi connectivity index (χ4n) is 3.35. The third-order valence-corrected chi connectivity index (χ3v) is 7.40. The Hall–Kier alpha value is -1.81. The lowest BCUT2D eigenvalue weighted by molar-refractivity contribution is 0.158. The first-order valence-electron chi connectivity index (χ1n) is 9.53. The van der Waals surface area contributed by atoms with E-state index in [4.69, 9.17) is 14.2 Å². The van der Waals surface area contributed by atoms with E-state index in [1.807, 2.05) is 24.3 Å². The number of fused-ring (bicyclic) bond motifs is 1. The number of rotatable bonds is 6. The van der Waals surface area contributed by atoms with Gasteiger partial charge in [0.2, 0.25) is 10.0 Å². The van der Waals surface area contributed by atoms with E-state index < -0.39 is 10.0 Å². The highest BCUT2D eigenvalue weighted by atomic mass is 79.9. The Balaban J connectivity index is 1.30. The topological polar surface area (TPSA) is 68.3 Å². The Bertz CT molecular complexity index is 944. The molecule has 0 saturated carbocycles. The molecule has 7 nitrogen and oxygen atoms in total. The molecular formula is C20H23BrN2O5S. The van der Waals surface area contributed by atoms with Crippen LogP contribution in [0.1, 0.15) is 0 Å². The van der Waals surface area contributed by atoms with Crippen LogP contribution in [0.15, 0.2) is 51.8 Å². The molecule has 0 radical (unpaired) electrons. The SMILES string of the molecule is O=S(=O)(c1ccc2c(c1)OCCO2)N1CCN(CCOc2ccc(Br)cc2)CC1. The van der Waals surface area contributed by atoms with Gasteiger partial charge in [-0.2, -0.15) is 4.31 Å². The van der Waals surface area contributed by atoms with Crippen LogP contribution in [-0.4, -0.2) is 70.2 Å². The van der Waals surface area contributed by atoms with E-state index in [0.29, 0.717) is 57.5 Å². The lowest BCUT2D eigenvalue weighted by Crippen LogP contribution is -2.49. The van der Waals surface area contributed by atoms with E-state index in [-0.39, 0.29) is 4.90 Å². The van der Waals surface area contributed by atoms with Gasteiger partial charge in [0.05, 0.1) is 4.90 Å². The minimum absolute atomic E-state index is 0.244. The molecule has 2 aromatic rings. The van der Waals surface area contributed by atoms with Crippen molar-refractivity contribution in [1.29, 1.82) is 0 Å². The quantitative estimate of drug-likeness (QED) is 0.630. The van der Waals surface area contributed by atoms with Gasteiger partial charge in [-0.15, -0.1) is 0 Å². The van der Waals surface area contributed by atoms with Gasteiger partial charge in [-0.3, -0.25) is 4.90 Å². The van der Waals surface area contributed by atoms with Crippen LogP contribution in [0.25, 0.3) is 0 Å². The first-order chi connectivity index (χ1) is 14.0. The molecule has 2 heterocycles. The van der Waals surface area contributed by atoms with Crippen LogP contribution < -0.4 is 14.2 Å². The fraction of sp³-hybridized carbons (Fsp3) is 0.400. The second-order valence-electron chi connectivity index (χ2n) is 6.85.